The quantitative estimate of drug-likeness (QED) is 0.374. The summed E-state index contributed by atoms with van der Waals surface area (Å²) in [4.78, 5) is 7.92. The van der Waals surface area contributed by atoms with Gasteiger partial charge < -0.3 is 15.4 Å². The molecule has 26 heavy (non-hydrogen) atoms. The van der Waals surface area contributed by atoms with Gasteiger partial charge in [-0.15, -0.1) is 24.0 Å². The lowest BCUT2D eigenvalue weighted by Crippen LogP contribution is -2.36. The van der Waals surface area contributed by atoms with E-state index in [2.05, 4.69) is 25.7 Å². The Labute approximate surface area is 166 Å². The monoisotopic (exact) mass is 484 g/mol. The predicted molar refractivity (Wildman–Crippen MR) is 101 cm³/mol. The zero-order valence-electron chi connectivity index (χ0n) is 14.2. The van der Waals surface area contributed by atoms with Crippen LogP contribution in [0.25, 0.3) is 0 Å². The van der Waals surface area contributed by atoms with Gasteiger partial charge in [0, 0.05) is 38.6 Å². The Kier molecular flexibility index (Phi) is 8.61. The van der Waals surface area contributed by atoms with E-state index in [0.29, 0.717) is 18.1 Å². The third-order valence-corrected chi connectivity index (χ3v) is 3.25. The molecule has 0 aromatic carbocycles. The second-order valence-electron chi connectivity index (χ2n) is 5.10. The van der Waals surface area contributed by atoms with Gasteiger partial charge >= 0.3 is 6.18 Å². The van der Waals surface area contributed by atoms with Gasteiger partial charge in [0.15, 0.2) is 12.6 Å². The van der Waals surface area contributed by atoms with Crippen LogP contribution in [0.3, 0.4) is 0 Å². The van der Waals surface area contributed by atoms with Crippen LogP contribution in [0.15, 0.2) is 35.6 Å². The first-order valence-corrected chi connectivity index (χ1v) is 7.44. The van der Waals surface area contributed by atoms with Crippen LogP contribution >= 0.6 is 24.0 Å². The Morgan fingerprint density at radius 1 is 1.23 bits per heavy atom. The maximum Gasteiger partial charge on any atom is 0.422 e. The number of alkyl halides is 3. The number of guanidine groups is 1. The normalized spacial score (nSPS) is 11.7. The molecule has 0 saturated heterocycles. The first-order valence-electron chi connectivity index (χ1n) is 7.44. The molecule has 0 fully saturated rings. The van der Waals surface area contributed by atoms with Gasteiger partial charge in [-0.05, 0) is 12.1 Å². The molecule has 2 rings (SSSR count). The van der Waals surface area contributed by atoms with E-state index in [9.17, 15) is 13.2 Å². The first kappa shape index (κ1) is 22.0. The van der Waals surface area contributed by atoms with Crippen molar-refractivity contribution in [2.45, 2.75) is 19.3 Å². The molecule has 0 aliphatic heterocycles. The summed E-state index contributed by atoms with van der Waals surface area (Å²) in [5.41, 5.74) is 1.45. The summed E-state index contributed by atoms with van der Waals surface area (Å²) in [7, 11) is 3.43. The van der Waals surface area contributed by atoms with E-state index in [1.165, 1.54) is 6.20 Å². The summed E-state index contributed by atoms with van der Waals surface area (Å²) in [6.07, 6.45) is -1.35. The molecule has 2 N–H and O–H groups in total. The van der Waals surface area contributed by atoms with Crippen LogP contribution in [0.1, 0.15) is 11.3 Å². The highest BCUT2D eigenvalue weighted by Crippen LogP contribution is 2.19. The average molecular weight is 484 g/mol. The number of halogens is 4. The Morgan fingerprint density at radius 3 is 2.58 bits per heavy atom. The summed E-state index contributed by atoms with van der Waals surface area (Å²) in [6.45, 7) is -0.669. The van der Waals surface area contributed by atoms with Gasteiger partial charge in [-0.25, -0.2) is 4.98 Å². The topological polar surface area (TPSA) is 76.4 Å². The minimum atomic E-state index is -4.41. The second kappa shape index (κ2) is 10.2. The standard InChI is InChI=1S/C15H19F3N6O.HI/c1-19-14(22-9-12-5-7-23-24(12)2)21-8-11-4-3-6-20-13(11)25-10-15(16,17)18;/h3-7H,8-10H2,1-2H3,(H2,19,21,22);1H. The molecule has 0 radical (unpaired) electrons. The average Bonchev–Trinajstić information content (AvgIpc) is 2.98. The molecule has 0 bridgehead atoms. The summed E-state index contributed by atoms with van der Waals surface area (Å²) in [5, 5.41) is 10.2. The zero-order chi connectivity index (χ0) is 18.3. The highest BCUT2D eigenvalue weighted by molar-refractivity contribution is 14.0. The number of aryl methyl sites for hydroxylation is 1. The van der Waals surface area contributed by atoms with E-state index in [4.69, 9.17) is 4.74 Å². The fraction of sp³-hybridized carbons (Fsp3) is 0.400. The van der Waals surface area contributed by atoms with Crippen molar-refractivity contribution in [2.24, 2.45) is 12.0 Å². The molecule has 0 aliphatic rings. The van der Waals surface area contributed by atoms with Crippen molar-refractivity contribution in [3.05, 3.63) is 41.9 Å². The molecule has 0 saturated carbocycles. The van der Waals surface area contributed by atoms with Crippen LogP contribution in [0, 0.1) is 0 Å². The number of nitrogens with zero attached hydrogens (tertiary/aromatic N) is 4. The van der Waals surface area contributed by atoms with E-state index in [1.54, 1.807) is 30.1 Å². The minimum absolute atomic E-state index is 0. The van der Waals surface area contributed by atoms with Crippen LogP contribution in [-0.2, 0) is 20.1 Å². The number of hydrogen-bond donors (Lipinski definition) is 2. The zero-order valence-corrected chi connectivity index (χ0v) is 16.6. The largest absolute Gasteiger partial charge is 0.468 e. The fourth-order valence-electron chi connectivity index (χ4n) is 1.99. The molecule has 2 aromatic rings. The summed E-state index contributed by atoms with van der Waals surface area (Å²) in [5.74, 6) is 0.432. The molecule has 0 spiro atoms. The van der Waals surface area contributed by atoms with E-state index < -0.39 is 12.8 Å². The highest BCUT2D eigenvalue weighted by Gasteiger charge is 2.29. The van der Waals surface area contributed by atoms with Gasteiger partial charge in [-0.2, -0.15) is 18.3 Å². The molecule has 0 amide bonds. The van der Waals surface area contributed by atoms with Crippen LogP contribution < -0.4 is 15.4 Å². The van der Waals surface area contributed by atoms with Gasteiger partial charge in [-0.3, -0.25) is 9.67 Å². The molecule has 0 aliphatic carbocycles. The molecular weight excluding hydrogens is 464 g/mol. The van der Waals surface area contributed by atoms with E-state index in [0.717, 1.165) is 5.69 Å². The fourth-order valence-corrected chi connectivity index (χ4v) is 1.99. The minimum Gasteiger partial charge on any atom is -0.468 e. The number of ether oxygens (including phenoxy) is 1. The van der Waals surface area contributed by atoms with Crippen molar-refractivity contribution < 1.29 is 17.9 Å². The smallest absolute Gasteiger partial charge is 0.422 e. The molecule has 11 heteroatoms. The highest BCUT2D eigenvalue weighted by atomic mass is 127. The number of aliphatic imine (C=N–C) groups is 1. The summed E-state index contributed by atoms with van der Waals surface area (Å²) >= 11 is 0. The van der Waals surface area contributed by atoms with Crippen LogP contribution in [0.5, 0.6) is 5.88 Å². The maximum atomic E-state index is 12.3. The third-order valence-electron chi connectivity index (χ3n) is 3.25. The SMILES string of the molecule is CN=C(NCc1cccnc1OCC(F)(F)F)NCc1ccnn1C.I. The lowest BCUT2D eigenvalue weighted by molar-refractivity contribution is -0.154. The van der Waals surface area contributed by atoms with E-state index in [-0.39, 0.29) is 36.4 Å². The van der Waals surface area contributed by atoms with Gasteiger partial charge in [0.05, 0.1) is 12.2 Å². The van der Waals surface area contributed by atoms with Crippen molar-refractivity contribution in [3.63, 3.8) is 0 Å². The van der Waals surface area contributed by atoms with E-state index in [1.807, 2.05) is 13.1 Å². The third kappa shape index (κ3) is 7.06. The van der Waals surface area contributed by atoms with Crippen molar-refractivity contribution in [2.75, 3.05) is 13.7 Å². The van der Waals surface area contributed by atoms with Crippen molar-refractivity contribution >= 4 is 29.9 Å². The van der Waals surface area contributed by atoms with Crippen LogP contribution in [-0.4, -0.2) is 40.6 Å². The molecular formula is C15H20F3IN6O. The van der Waals surface area contributed by atoms with Gasteiger partial charge in [0.1, 0.15) is 0 Å². The Balaban J connectivity index is 0.00000338. The number of pyridine rings is 1. The van der Waals surface area contributed by atoms with Crippen molar-refractivity contribution in [1.29, 1.82) is 0 Å². The lowest BCUT2D eigenvalue weighted by atomic mass is 10.2. The lowest BCUT2D eigenvalue weighted by Gasteiger charge is -2.14. The van der Waals surface area contributed by atoms with Crippen LogP contribution in [0.2, 0.25) is 0 Å². The molecule has 144 valence electrons. The number of nitrogens with one attached hydrogen (secondary N) is 2. The maximum absolute atomic E-state index is 12.3. The number of rotatable bonds is 6. The summed E-state index contributed by atoms with van der Waals surface area (Å²) < 4.78 is 43.4. The Bertz CT molecular complexity index is 719. The second-order valence-corrected chi connectivity index (χ2v) is 5.10. The Morgan fingerprint density at radius 2 is 1.96 bits per heavy atom. The van der Waals surface area contributed by atoms with Crippen molar-refractivity contribution in [3.8, 4) is 5.88 Å². The predicted octanol–water partition coefficient (Wildman–Crippen LogP) is 2.24. The number of hydrogen-bond acceptors (Lipinski definition) is 4. The van der Waals surface area contributed by atoms with E-state index >= 15 is 0 Å². The Hall–Kier alpha value is -2.05. The molecule has 7 nitrogen and oxygen atoms in total. The van der Waals surface area contributed by atoms with Gasteiger partial charge in [0.2, 0.25) is 5.88 Å². The number of aromatic nitrogens is 3. The van der Waals surface area contributed by atoms with Gasteiger partial charge in [-0.1, -0.05) is 6.07 Å². The van der Waals surface area contributed by atoms with Crippen LogP contribution in [0.4, 0.5) is 13.2 Å². The molecule has 0 unspecified atom stereocenters. The molecule has 0 atom stereocenters. The molecule has 2 aromatic heterocycles. The van der Waals surface area contributed by atoms with Gasteiger partial charge in [0.25, 0.3) is 0 Å². The molecule has 2 heterocycles. The first-order chi connectivity index (χ1) is 11.9. The summed E-state index contributed by atoms with van der Waals surface area (Å²) in [6, 6.07) is 5.13. The van der Waals surface area contributed by atoms with Crippen molar-refractivity contribution in [1.82, 2.24) is 25.4 Å².